The molecule has 0 unspecified atom stereocenters. The monoisotopic (exact) mass is 371 g/mol. The van der Waals surface area contributed by atoms with Gasteiger partial charge in [-0.1, -0.05) is 42.5 Å². The van der Waals surface area contributed by atoms with Crippen LogP contribution in [0.25, 0.3) is 16.9 Å². The number of benzene rings is 2. The summed E-state index contributed by atoms with van der Waals surface area (Å²) >= 11 is 0. The number of aromatic nitrogens is 2. The summed E-state index contributed by atoms with van der Waals surface area (Å²) < 4.78 is 7.26. The summed E-state index contributed by atoms with van der Waals surface area (Å²) in [6.45, 7) is 0. The molecule has 4 rings (SSSR count). The van der Waals surface area contributed by atoms with E-state index in [-0.39, 0.29) is 5.91 Å². The molecule has 0 atom stereocenters. The predicted molar refractivity (Wildman–Crippen MR) is 111 cm³/mol. The van der Waals surface area contributed by atoms with E-state index in [1.165, 1.54) is 0 Å². The van der Waals surface area contributed by atoms with E-state index in [0.29, 0.717) is 18.6 Å². The first-order valence-corrected chi connectivity index (χ1v) is 9.20. The highest BCUT2D eigenvalue weighted by Crippen LogP contribution is 2.25. The molecule has 1 N–H and O–H groups in total. The van der Waals surface area contributed by atoms with Gasteiger partial charge in [0.15, 0.2) is 0 Å². The van der Waals surface area contributed by atoms with E-state index < -0.39 is 0 Å². The van der Waals surface area contributed by atoms with Gasteiger partial charge in [-0.3, -0.25) is 4.79 Å². The molecule has 5 nitrogen and oxygen atoms in total. The molecular weight excluding hydrogens is 350 g/mol. The molecule has 0 aliphatic rings. The van der Waals surface area contributed by atoms with Crippen molar-refractivity contribution in [1.29, 1.82) is 0 Å². The Kier molecular flexibility index (Phi) is 5.06. The van der Waals surface area contributed by atoms with Crippen LogP contribution in [-0.4, -0.2) is 22.4 Å². The number of nitrogens with one attached hydrogen (secondary N) is 1. The number of pyridine rings is 1. The lowest BCUT2D eigenvalue weighted by Crippen LogP contribution is -2.13. The zero-order valence-electron chi connectivity index (χ0n) is 15.6. The van der Waals surface area contributed by atoms with E-state index in [4.69, 9.17) is 9.72 Å². The van der Waals surface area contributed by atoms with Crippen molar-refractivity contribution in [2.45, 2.75) is 12.8 Å². The summed E-state index contributed by atoms with van der Waals surface area (Å²) in [5, 5.41) is 2.94. The molecule has 0 radical (unpaired) electrons. The standard InChI is InChI=1S/C23H21N3O2/c1-28-19-11-7-10-18(16-19)24-22(27)14-13-20-23(17-8-3-2-4-9-17)25-21-12-5-6-15-26(20)21/h2-12,15-16H,13-14H2,1H3,(H,24,27). The van der Waals surface area contributed by atoms with Crippen LogP contribution in [0.15, 0.2) is 79.0 Å². The Hall–Kier alpha value is -3.60. The minimum Gasteiger partial charge on any atom is -0.497 e. The molecule has 140 valence electrons. The minimum atomic E-state index is -0.0434. The molecule has 0 aliphatic heterocycles. The Morgan fingerprint density at radius 2 is 1.86 bits per heavy atom. The number of rotatable bonds is 6. The quantitative estimate of drug-likeness (QED) is 0.540. The number of amides is 1. The van der Waals surface area contributed by atoms with E-state index >= 15 is 0 Å². The highest BCUT2D eigenvalue weighted by atomic mass is 16.5. The number of methoxy groups -OCH3 is 1. The topological polar surface area (TPSA) is 55.6 Å². The zero-order valence-corrected chi connectivity index (χ0v) is 15.6. The van der Waals surface area contributed by atoms with Gasteiger partial charge in [0, 0.05) is 29.9 Å². The first-order valence-electron chi connectivity index (χ1n) is 9.20. The number of hydrogen-bond donors (Lipinski definition) is 1. The van der Waals surface area contributed by atoms with E-state index in [9.17, 15) is 4.79 Å². The van der Waals surface area contributed by atoms with Crippen LogP contribution in [0.3, 0.4) is 0 Å². The molecule has 0 saturated heterocycles. The highest BCUT2D eigenvalue weighted by molar-refractivity contribution is 5.91. The molecule has 0 aliphatic carbocycles. The third kappa shape index (κ3) is 3.74. The number of ether oxygens (including phenoxy) is 1. The van der Waals surface area contributed by atoms with Crippen molar-refractivity contribution in [1.82, 2.24) is 9.38 Å². The van der Waals surface area contributed by atoms with E-state index in [1.54, 1.807) is 7.11 Å². The van der Waals surface area contributed by atoms with Gasteiger partial charge in [-0.05, 0) is 30.7 Å². The zero-order chi connectivity index (χ0) is 19.3. The Bertz CT molecular complexity index is 1100. The lowest BCUT2D eigenvalue weighted by Gasteiger charge is -2.08. The summed E-state index contributed by atoms with van der Waals surface area (Å²) in [6, 6.07) is 23.4. The van der Waals surface area contributed by atoms with Gasteiger partial charge in [0.2, 0.25) is 5.91 Å². The summed E-state index contributed by atoms with van der Waals surface area (Å²) in [5.41, 5.74) is 4.60. The molecule has 5 heteroatoms. The van der Waals surface area contributed by atoms with Crippen molar-refractivity contribution < 1.29 is 9.53 Å². The highest BCUT2D eigenvalue weighted by Gasteiger charge is 2.15. The van der Waals surface area contributed by atoms with Crippen LogP contribution in [0.2, 0.25) is 0 Å². The number of nitrogens with zero attached hydrogens (tertiary/aromatic N) is 2. The maximum Gasteiger partial charge on any atom is 0.224 e. The van der Waals surface area contributed by atoms with Crippen LogP contribution >= 0.6 is 0 Å². The number of aryl methyl sites for hydroxylation is 1. The van der Waals surface area contributed by atoms with Gasteiger partial charge in [-0.25, -0.2) is 4.98 Å². The molecule has 2 aromatic carbocycles. The minimum absolute atomic E-state index is 0.0434. The van der Waals surface area contributed by atoms with Crippen LogP contribution in [0.1, 0.15) is 12.1 Å². The van der Waals surface area contributed by atoms with Gasteiger partial charge in [-0.2, -0.15) is 0 Å². The largest absolute Gasteiger partial charge is 0.497 e. The summed E-state index contributed by atoms with van der Waals surface area (Å²) in [5.74, 6) is 0.670. The fraction of sp³-hybridized carbons (Fsp3) is 0.130. The molecule has 0 bridgehead atoms. The molecule has 2 heterocycles. The molecule has 0 fully saturated rings. The number of carbonyl (C=O) groups excluding carboxylic acids is 1. The Morgan fingerprint density at radius 1 is 1.04 bits per heavy atom. The Labute approximate surface area is 163 Å². The second kappa shape index (κ2) is 7.96. The van der Waals surface area contributed by atoms with Crippen molar-refractivity contribution in [2.75, 3.05) is 12.4 Å². The molecule has 28 heavy (non-hydrogen) atoms. The van der Waals surface area contributed by atoms with Gasteiger partial charge >= 0.3 is 0 Å². The number of anilines is 1. The van der Waals surface area contributed by atoms with Crippen molar-refractivity contribution in [3.8, 4) is 17.0 Å². The SMILES string of the molecule is COc1cccc(NC(=O)CCc2c(-c3ccccc3)nc3ccccn23)c1. The van der Waals surface area contributed by atoms with Crippen molar-refractivity contribution >= 4 is 17.2 Å². The third-order valence-corrected chi connectivity index (χ3v) is 4.62. The van der Waals surface area contributed by atoms with Gasteiger partial charge < -0.3 is 14.5 Å². The first kappa shape index (κ1) is 17.8. The molecule has 0 saturated carbocycles. The fourth-order valence-electron chi connectivity index (χ4n) is 3.27. The molecule has 1 amide bonds. The van der Waals surface area contributed by atoms with Crippen molar-refractivity contribution in [2.24, 2.45) is 0 Å². The van der Waals surface area contributed by atoms with Gasteiger partial charge in [-0.15, -0.1) is 0 Å². The van der Waals surface area contributed by atoms with Gasteiger partial charge in [0.1, 0.15) is 11.4 Å². The van der Waals surface area contributed by atoms with Crippen LogP contribution in [0.5, 0.6) is 5.75 Å². The number of fused-ring (bicyclic) bond motifs is 1. The third-order valence-electron chi connectivity index (χ3n) is 4.62. The number of imidazole rings is 1. The second-order valence-corrected chi connectivity index (χ2v) is 6.48. The fourth-order valence-corrected chi connectivity index (χ4v) is 3.27. The smallest absolute Gasteiger partial charge is 0.224 e. The normalized spacial score (nSPS) is 10.8. The van der Waals surface area contributed by atoms with Crippen LogP contribution in [-0.2, 0) is 11.2 Å². The summed E-state index contributed by atoms with van der Waals surface area (Å²) in [4.78, 5) is 17.3. The Balaban J connectivity index is 1.56. The van der Waals surface area contributed by atoms with E-state index in [2.05, 4.69) is 9.72 Å². The van der Waals surface area contributed by atoms with Crippen LogP contribution in [0.4, 0.5) is 5.69 Å². The molecular formula is C23H21N3O2. The van der Waals surface area contributed by atoms with Crippen LogP contribution in [0, 0.1) is 0 Å². The second-order valence-electron chi connectivity index (χ2n) is 6.48. The van der Waals surface area contributed by atoms with Crippen molar-refractivity contribution in [3.63, 3.8) is 0 Å². The maximum atomic E-state index is 12.5. The molecule has 0 spiro atoms. The Morgan fingerprint density at radius 3 is 2.68 bits per heavy atom. The molecule has 2 aromatic heterocycles. The van der Waals surface area contributed by atoms with E-state index in [0.717, 1.165) is 28.3 Å². The maximum absolute atomic E-state index is 12.5. The summed E-state index contributed by atoms with van der Waals surface area (Å²) in [6.07, 6.45) is 2.94. The number of carbonyl (C=O) groups is 1. The summed E-state index contributed by atoms with van der Waals surface area (Å²) in [7, 11) is 1.61. The first-order chi connectivity index (χ1) is 13.7. The van der Waals surface area contributed by atoms with E-state index in [1.807, 2.05) is 79.0 Å². The lowest BCUT2D eigenvalue weighted by atomic mass is 10.1. The van der Waals surface area contributed by atoms with Gasteiger partial charge in [0.05, 0.1) is 18.5 Å². The predicted octanol–water partition coefficient (Wildman–Crippen LogP) is 4.58. The van der Waals surface area contributed by atoms with Crippen molar-refractivity contribution in [3.05, 3.63) is 84.7 Å². The number of hydrogen-bond acceptors (Lipinski definition) is 3. The average molecular weight is 371 g/mol. The lowest BCUT2D eigenvalue weighted by molar-refractivity contribution is -0.116. The molecule has 4 aromatic rings. The van der Waals surface area contributed by atoms with Crippen LogP contribution < -0.4 is 10.1 Å². The average Bonchev–Trinajstić information content (AvgIpc) is 3.11. The van der Waals surface area contributed by atoms with Gasteiger partial charge in [0.25, 0.3) is 0 Å².